The van der Waals surface area contributed by atoms with Crippen LogP contribution >= 0.6 is 11.8 Å². The summed E-state index contributed by atoms with van der Waals surface area (Å²) in [7, 11) is 0. The van der Waals surface area contributed by atoms with Gasteiger partial charge in [-0.2, -0.15) is 24.9 Å². The monoisotopic (exact) mass is 356 g/mol. The van der Waals surface area contributed by atoms with Crippen LogP contribution in [0.4, 0.5) is 13.2 Å². The van der Waals surface area contributed by atoms with Gasteiger partial charge in [0.1, 0.15) is 5.69 Å². The molecular weight excluding hydrogens is 333 g/mol. The molecule has 1 aliphatic carbocycles. The third-order valence-electron chi connectivity index (χ3n) is 5.98. The van der Waals surface area contributed by atoms with Crippen molar-refractivity contribution in [2.45, 2.75) is 50.2 Å². The first-order valence-corrected chi connectivity index (χ1v) is 9.97. The second-order valence-electron chi connectivity index (χ2n) is 7.66. The smallest absolute Gasteiger partial charge is 0.300 e. The predicted octanol–water partition coefficient (Wildman–Crippen LogP) is 4.57. The third kappa shape index (κ3) is 3.19. The van der Waals surface area contributed by atoms with Gasteiger partial charge in [0.05, 0.1) is 0 Å². The zero-order valence-corrected chi connectivity index (χ0v) is 14.5. The largest absolute Gasteiger partial charge is 0.433 e. The number of thioether (sulfide) groups is 1. The van der Waals surface area contributed by atoms with Crippen LogP contribution < -0.4 is 0 Å². The van der Waals surface area contributed by atoms with E-state index in [9.17, 15) is 13.2 Å². The molecule has 0 aromatic carbocycles. The first-order valence-electron chi connectivity index (χ1n) is 8.81. The highest BCUT2D eigenvalue weighted by Crippen LogP contribution is 2.47. The van der Waals surface area contributed by atoms with Crippen molar-refractivity contribution < 1.29 is 13.2 Å². The minimum absolute atomic E-state index is 0.180. The van der Waals surface area contributed by atoms with Crippen molar-refractivity contribution in [2.75, 3.05) is 24.6 Å². The number of hydrogen-bond donors (Lipinski definition) is 0. The molecule has 2 aliphatic heterocycles. The van der Waals surface area contributed by atoms with E-state index in [0.717, 1.165) is 31.7 Å². The highest BCUT2D eigenvalue weighted by atomic mass is 32.2. The van der Waals surface area contributed by atoms with Crippen LogP contribution in [0.15, 0.2) is 18.2 Å². The van der Waals surface area contributed by atoms with E-state index in [4.69, 9.17) is 0 Å². The maximum atomic E-state index is 12.8. The molecule has 24 heavy (non-hydrogen) atoms. The molecule has 0 bridgehead atoms. The second-order valence-corrected chi connectivity index (χ2v) is 8.65. The number of nitrogens with zero attached hydrogens (tertiary/aromatic N) is 2. The highest BCUT2D eigenvalue weighted by molar-refractivity contribution is 8.00. The van der Waals surface area contributed by atoms with E-state index in [-0.39, 0.29) is 5.92 Å². The second kappa shape index (κ2) is 6.20. The van der Waals surface area contributed by atoms with Gasteiger partial charge < -0.3 is 0 Å². The standard InChI is InChI=1S/C18H23F3N2S/c19-18(20,21)16-3-1-2-15(22-16)13-4-6-14(7-5-13)23-9-8-17(10-23)11-24-12-17/h1-3,13-14H,4-12H2. The lowest BCUT2D eigenvalue weighted by Gasteiger charge is -2.40. The minimum Gasteiger partial charge on any atom is -0.300 e. The Labute approximate surface area is 145 Å². The molecule has 0 amide bonds. The molecule has 3 aliphatic rings. The summed E-state index contributed by atoms with van der Waals surface area (Å²) in [5.41, 5.74) is 0.451. The summed E-state index contributed by atoms with van der Waals surface area (Å²) in [5, 5.41) is 0. The number of rotatable bonds is 2. The summed E-state index contributed by atoms with van der Waals surface area (Å²) in [4.78, 5) is 6.54. The summed E-state index contributed by atoms with van der Waals surface area (Å²) >= 11 is 2.06. The molecule has 0 unspecified atom stereocenters. The SMILES string of the molecule is FC(F)(F)c1cccc(C2CCC(N3CCC4(CSC4)C3)CC2)n1. The molecule has 0 atom stereocenters. The summed E-state index contributed by atoms with van der Waals surface area (Å²) in [6.45, 7) is 2.44. The normalized spacial score (nSPS) is 30.5. The molecule has 3 heterocycles. The Morgan fingerprint density at radius 1 is 1.12 bits per heavy atom. The fourth-order valence-electron chi connectivity index (χ4n) is 4.48. The molecule has 6 heteroatoms. The van der Waals surface area contributed by atoms with Crippen molar-refractivity contribution in [2.24, 2.45) is 5.41 Å². The molecule has 0 N–H and O–H groups in total. The molecule has 132 valence electrons. The predicted molar refractivity (Wildman–Crippen MR) is 90.2 cm³/mol. The lowest BCUT2D eigenvalue weighted by Crippen LogP contribution is -2.42. The van der Waals surface area contributed by atoms with Crippen molar-refractivity contribution in [3.63, 3.8) is 0 Å². The number of pyridine rings is 1. The maximum Gasteiger partial charge on any atom is 0.433 e. The van der Waals surface area contributed by atoms with Gasteiger partial charge in [-0.25, -0.2) is 4.98 Å². The fourth-order valence-corrected chi connectivity index (χ4v) is 5.73. The van der Waals surface area contributed by atoms with Gasteiger partial charge in [-0.3, -0.25) is 4.90 Å². The van der Waals surface area contributed by atoms with Gasteiger partial charge in [-0.1, -0.05) is 6.07 Å². The van der Waals surface area contributed by atoms with Crippen molar-refractivity contribution >= 4 is 11.8 Å². The van der Waals surface area contributed by atoms with Gasteiger partial charge in [0.2, 0.25) is 0 Å². The number of likely N-dealkylation sites (tertiary alicyclic amines) is 1. The van der Waals surface area contributed by atoms with E-state index < -0.39 is 11.9 Å². The number of aromatic nitrogens is 1. The van der Waals surface area contributed by atoms with Crippen molar-refractivity contribution in [3.8, 4) is 0 Å². The van der Waals surface area contributed by atoms with E-state index in [1.54, 1.807) is 6.07 Å². The summed E-state index contributed by atoms with van der Waals surface area (Å²) in [6, 6.07) is 4.94. The van der Waals surface area contributed by atoms with Gasteiger partial charge in [0.15, 0.2) is 0 Å². The molecular formula is C18H23F3N2S. The topological polar surface area (TPSA) is 16.1 Å². The quantitative estimate of drug-likeness (QED) is 0.772. The van der Waals surface area contributed by atoms with Crippen molar-refractivity contribution in [1.82, 2.24) is 9.88 Å². The van der Waals surface area contributed by atoms with Crippen LogP contribution in [0.5, 0.6) is 0 Å². The Morgan fingerprint density at radius 3 is 2.46 bits per heavy atom. The van der Waals surface area contributed by atoms with Crippen LogP contribution in [0.1, 0.15) is 49.4 Å². The fraction of sp³-hybridized carbons (Fsp3) is 0.722. The van der Waals surface area contributed by atoms with Crippen LogP contribution in [0.25, 0.3) is 0 Å². The molecule has 1 aromatic heterocycles. The van der Waals surface area contributed by atoms with Gasteiger partial charge in [-0.15, -0.1) is 0 Å². The first-order chi connectivity index (χ1) is 11.5. The van der Waals surface area contributed by atoms with Crippen LogP contribution in [0, 0.1) is 5.41 Å². The van der Waals surface area contributed by atoms with Gasteiger partial charge in [-0.05, 0) is 50.8 Å². The summed E-state index contributed by atoms with van der Waals surface area (Å²) < 4.78 is 38.5. The Balaban J connectivity index is 1.36. The van der Waals surface area contributed by atoms with E-state index in [2.05, 4.69) is 21.6 Å². The number of hydrogen-bond acceptors (Lipinski definition) is 3. The molecule has 2 nitrogen and oxygen atoms in total. The lowest BCUT2D eigenvalue weighted by atomic mass is 9.83. The molecule has 2 saturated heterocycles. The molecule has 1 saturated carbocycles. The Kier molecular flexibility index (Phi) is 4.32. The number of halogens is 3. The van der Waals surface area contributed by atoms with E-state index in [1.807, 2.05) is 0 Å². The van der Waals surface area contributed by atoms with Gasteiger partial charge in [0, 0.05) is 41.1 Å². The molecule has 4 rings (SSSR count). The van der Waals surface area contributed by atoms with Crippen LogP contribution in [-0.2, 0) is 6.18 Å². The average molecular weight is 356 g/mol. The Hall–Kier alpha value is -0.750. The third-order valence-corrected chi connectivity index (χ3v) is 7.61. The zero-order valence-electron chi connectivity index (χ0n) is 13.7. The van der Waals surface area contributed by atoms with Gasteiger partial charge in [0.25, 0.3) is 0 Å². The van der Waals surface area contributed by atoms with Gasteiger partial charge >= 0.3 is 6.18 Å². The van der Waals surface area contributed by atoms with E-state index in [0.29, 0.717) is 17.2 Å². The van der Waals surface area contributed by atoms with E-state index >= 15 is 0 Å². The minimum atomic E-state index is -4.35. The lowest BCUT2D eigenvalue weighted by molar-refractivity contribution is -0.141. The maximum absolute atomic E-state index is 12.8. The Morgan fingerprint density at radius 2 is 1.88 bits per heavy atom. The summed E-state index contributed by atoms with van der Waals surface area (Å²) in [5.74, 6) is 2.80. The summed E-state index contributed by atoms with van der Waals surface area (Å²) in [6.07, 6.45) is 1.07. The van der Waals surface area contributed by atoms with Crippen molar-refractivity contribution in [1.29, 1.82) is 0 Å². The zero-order chi connectivity index (χ0) is 16.8. The Bertz CT molecular complexity index is 592. The highest BCUT2D eigenvalue weighted by Gasteiger charge is 2.45. The average Bonchev–Trinajstić information content (AvgIpc) is 3.00. The molecule has 1 spiro atoms. The van der Waals surface area contributed by atoms with E-state index in [1.165, 1.54) is 37.1 Å². The van der Waals surface area contributed by atoms with Crippen LogP contribution in [0.2, 0.25) is 0 Å². The molecule has 3 fully saturated rings. The first kappa shape index (κ1) is 16.7. The molecule has 0 radical (unpaired) electrons. The van der Waals surface area contributed by atoms with Crippen molar-refractivity contribution in [3.05, 3.63) is 29.6 Å². The number of alkyl halides is 3. The van der Waals surface area contributed by atoms with Crippen LogP contribution in [-0.4, -0.2) is 40.5 Å². The van der Waals surface area contributed by atoms with Crippen LogP contribution in [0.3, 0.4) is 0 Å². The molecule has 1 aromatic rings.